The Kier molecular flexibility index (Phi) is 3.44. The summed E-state index contributed by atoms with van der Waals surface area (Å²) in [6.45, 7) is 0. The second-order valence-corrected chi connectivity index (χ2v) is 12.2. The molecule has 0 fully saturated rings. The molecule has 116 valence electrons. The molecule has 0 bridgehead atoms. The number of hydrogen-bond donors (Lipinski definition) is 0. The molecule has 1 aliphatic rings. The Labute approximate surface area is 150 Å². The van der Waals surface area contributed by atoms with E-state index in [1.807, 2.05) is 0 Å². The van der Waals surface area contributed by atoms with Gasteiger partial charge in [-0.25, -0.2) is 0 Å². The van der Waals surface area contributed by atoms with Crippen LogP contribution >= 0.6 is 9.95 Å². The minimum atomic E-state index is -1.37. The zero-order chi connectivity index (χ0) is 16.1. The van der Waals surface area contributed by atoms with Crippen molar-refractivity contribution in [3.8, 4) is 11.1 Å². The monoisotopic (exact) mass is 390 g/mol. The fourth-order valence-electron chi connectivity index (χ4n) is 3.91. The van der Waals surface area contributed by atoms with Crippen molar-refractivity contribution in [2.45, 2.75) is 10.4 Å². The van der Waals surface area contributed by atoms with Crippen molar-refractivity contribution >= 4 is 45.2 Å². The fraction of sp³-hybridized carbons (Fsp3) is 0.0909. The summed E-state index contributed by atoms with van der Waals surface area (Å²) in [5.41, 5.74) is 5.69. The van der Waals surface area contributed by atoms with Crippen molar-refractivity contribution in [2.75, 3.05) is 0 Å². The Bertz CT molecular complexity index is 996. The number of halogens is 1. The maximum atomic E-state index is 6.82. The van der Waals surface area contributed by atoms with Crippen molar-refractivity contribution in [1.82, 2.24) is 0 Å². The van der Waals surface area contributed by atoms with Crippen LogP contribution in [0, 0.1) is 0 Å². The van der Waals surface area contributed by atoms with Gasteiger partial charge in [0.25, 0.3) is 0 Å². The molecule has 0 spiro atoms. The zero-order valence-electron chi connectivity index (χ0n) is 13.2. The van der Waals surface area contributed by atoms with Gasteiger partial charge in [0.2, 0.25) is 0 Å². The molecule has 5 rings (SSSR count). The van der Waals surface area contributed by atoms with Crippen LogP contribution in [0.15, 0.2) is 72.8 Å². The Balaban J connectivity index is 2.00. The standard InChI is InChI=1S/C22H16AsCl/c24-23-13-17-11-9-15-5-1-3-7-19(15)21(17)22-18(14-23)12-10-16-6-2-4-8-20(16)22/h1-12H,13-14H2. The van der Waals surface area contributed by atoms with Crippen molar-refractivity contribution in [3.63, 3.8) is 0 Å². The molecule has 2 heteroatoms. The van der Waals surface area contributed by atoms with Gasteiger partial charge < -0.3 is 0 Å². The first-order valence-corrected chi connectivity index (χ1v) is 13.4. The van der Waals surface area contributed by atoms with Gasteiger partial charge in [-0.15, -0.1) is 0 Å². The molecular weight excluding hydrogens is 375 g/mol. The normalized spacial score (nSPS) is 14.4. The van der Waals surface area contributed by atoms with Crippen LogP contribution in [-0.2, 0) is 10.4 Å². The molecule has 0 radical (unpaired) electrons. The van der Waals surface area contributed by atoms with E-state index in [-0.39, 0.29) is 0 Å². The molecule has 4 aromatic carbocycles. The van der Waals surface area contributed by atoms with Crippen LogP contribution < -0.4 is 0 Å². The van der Waals surface area contributed by atoms with E-state index in [0.29, 0.717) is 0 Å². The molecule has 0 saturated carbocycles. The van der Waals surface area contributed by atoms with Crippen molar-refractivity contribution in [3.05, 3.63) is 83.9 Å². The SMILES string of the molecule is Cl[As]1Cc2ccc3ccccc3c2-c2c(ccc3ccccc23)C1. The third-order valence-corrected chi connectivity index (χ3v) is 9.08. The first-order valence-electron chi connectivity index (χ1n) is 8.23. The van der Waals surface area contributed by atoms with Crippen LogP contribution in [0.2, 0.25) is 0 Å². The molecule has 0 aliphatic carbocycles. The van der Waals surface area contributed by atoms with Gasteiger partial charge in [-0.2, -0.15) is 0 Å². The molecule has 0 amide bonds. The fourth-order valence-corrected chi connectivity index (χ4v) is 8.14. The van der Waals surface area contributed by atoms with E-state index < -0.39 is 13.7 Å². The van der Waals surface area contributed by atoms with Gasteiger partial charge >= 0.3 is 151 Å². The predicted octanol–water partition coefficient (Wildman–Crippen LogP) is 6.07. The quantitative estimate of drug-likeness (QED) is 0.320. The molecule has 1 aliphatic heterocycles. The molecular formula is C22H16AsCl. The topological polar surface area (TPSA) is 0 Å². The van der Waals surface area contributed by atoms with Gasteiger partial charge in [0.15, 0.2) is 0 Å². The second kappa shape index (κ2) is 5.66. The maximum absolute atomic E-state index is 6.82. The number of benzene rings is 4. The summed E-state index contributed by atoms with van der Waals surface area (Å²) in [7, 11) is 6.82. The minimum absolute atomic E-state index is 1.07. The number of fused-ring (bicyclic) bond motifs is 7. The third kappa shape index (κ3) is 2.21. The van der Waals surface area contributed by atoms with Gasteiger partial charge in [0, 0.05) is 0 Å². The molecule has 4 aromatic rings. The summed E-state index contributed by atoms with van der Waals surface area (Å²) in [6, 6.07) is 26.6. The average molecular weight is 391 g/mol. The van der Waals surface area contributed by atoms with Crippen LogP contribution in [0.25, 0.3) is 32.7 Å². The summed E-state index contributed by atoms with van der Waals surface area (Å²) in [5.74, 6) is 0. The van der Waals surface area contributed by atoms with Gasteiger partial charge in [0.05, 0.1) is 0 Å². The molecule has 0 nitrogen and oxygen atoms in total. The summed E-state index contributed by atoms with van der Waals surface area (Å²) in [5, 5.41) is 7.47. The number of rotatable bonds is 0. The summed E-state index contributed by atoms with van der Waals surface area (Å²) in [6.07, 6.45) is 0. The first kappa shape index (κ1) is 14.6. The van der Waals surface area contributed by atoms with E-state index in [9.17, 15) is 0 Å². The predicted molar refractivity (Wildman–Crippen MR) is 106 cm³/mol. The van der Waals surface area contributed by atoms with Crippen molar-refractivity contribution < 1.29 is 0 Å². The molecule has 0 aromatic heterocycles. The first-order chi connectivity index (χ1) is 11.8. The van der Waals surface area contributed by atoms with Crippen molar-refractivity contribution in [1.29, 1.82) is 0 Å². The third-order valence-electron chi connectivity index (χ3n) is 4.96. The molecule has 1 heterocycles. The van der Waals surface area contributed by atoms with E-state index >= 15 is 0 Å². The molecule has 0 atom stereocenters. The molecule has 0 unspecified atom stereocenters. The van der Waals surface area contributed by atoms with Gasteiger partial charge in [-0.1, -0.05) is 0 Å². The van der Waals surface area contributed by atoms with Crippen LogP contribution in [-0.4, -0.2) is 13.7 Å². The summed E-state index contributed by atoms with van der Waals surface area (Å²) in [4.78, 5) is 0. The Hall–Kier alpha value is -1.75. The van der Waals surface area contributed by atoms with E-state index in [4.69, 9.17) is 9.95 Å². The van der Waals surface area contributed by atoms with Gasteiger partial charge in [-0.3, -0.25) is 0 Å². The second-order valence-electron chi connectivity index (χ2n) is 6.42. The Morgan fingerprint density at radius 3 is 1.54 bits per heavy atom. The van der Waals surface area contributed by atoms with E-state index in [0.717, 1.165) is 10.4 Å². The van der Waals surface area contributed by atoms with E-state index in [2.05, 4.69) is 72.8 Å². The summed E-state index contributed by atoms with van der Waals surface area (Å²) >= 11 is -1.37. The van der Waals surface area contributed by atoms with Crippen LogP contribution in [0.3, 0.4) is 0 Å². The Morgan fingerprint density at radius 2 is 1.04 bits per heavy atom. The average Bonchev–Trinajstić information content (AvgIpc) is 2.77. The van der Waals surface area contributed by atoms with E-state index in [1.54, 1.807) is 0 Å². The van der Waals surface area contributed by atoms with Crippen LogP contribution in [0.5, 0.6) is 0 Å². The molecule has 24 heavy (non-hydrogen) atoms. The molecule has 0 saturated heterocycles. The summed E-state index contributed by atoms with van der Waals surface area (Å²) < 4.78 is 0. The number of hydrogen-bond acceptors (Lipinski definition) is 0. The van der Waals surface area contributed by atoms with Crippen molar-refractivity contribution in [2.24, 2.45) is 0 Å². The van der Waals surface area contributed by atoms with Crippen LogP contribution in [0.4, 0.5) is 0 Å². The van der Waals surface area contributed by atoms with Crippen LogP contribution in [0.1, 0.15) is 11.1 Å². The van der Waals surface area contributed by atoms with Gasteiger partial charge in [-0.05, 0) is 0 Å². The zero-order valence-corrected chi connectivity index (χ0v) is 15.8. The Morgan fingerprint density at radius 1 is 0.583 bits per heavy atom. The van der Waals surface area contributed by atoms with E-state index in [1.165, 1.54) is 43.8 Å². The van der Waals surface area contributed by atoms with Gasteiger partial charge in [0.1, 0.15) is 0 Å². The molecule has 0 N–H and O–H groups in total.